The zero-order valence-corrected chi connectivity index (χ0v) is 11.8. The zero-order chi connectivity index (χ0) is 15.0. The van der Waals surface area contributed by atoms with Gasteiger partial charge in [-0.3, -0.25) is 14.6 Å². The van der Waals surface area contributed by atoms with E-state index in [-0.39, 0.29) is 23.8 Å². The van der Waals surface area contributed by atoms with Gasteiger partial charge >= 0.3 is 5.97 Å². The predicted octanol–water partition coefficient (Wildman–Crippen LogP) is 1.78. The van der Waals surface area contributed by atoms with Crippen molar-refractivity contribution in [2.45, 2.75) is 19.4 Å². The lowest BCUT2D eigenvalue weighted by Crippen LogP contribution is -2.41. The molecule has 1 amide bonds. The van der Waals surface area contributed by atoms with E-state index < -0.39 is 17.8 Å². The summed E-state index contributed by atoms with van der Waals surface area (Å²) in [5.74, 6) is -2.03. The Morgan fingerprint density at radius 2 is 1.86 bits per heavy atom. The molecule has 3 rings (SSSR count). The molecule has 2 aliphatic carbocycles. The lowest BCUT2D eigenvalue weighted by atomic mass is 9.82. The molecule has 2 N–H and O–H groups in total. The van der Waals surface area contributed by atoms with E-state index in [1.165, 1.54) is 0 Å². The second-order valence-electron chi connectivity index (χ2n) is 5.85. The minimum atomic E-state index is -0.872. The minimum Gasteiger partial charge on any atom is -0.481 e. The maximum Gasteiger partial charge on any atom is 0.307 e. The molecular formula is C16H18N2O3. The molecule has 0 aliphatic heterocycles. The number of nitrogens with zero attached hydrogens (tertiary/aromatic N) is 1. The molecule has 1 saturated carbocycles. The molecule has 1 aromatic rings. The lowest BCUT2D eigenvalue weighted by molar-refractivity contribution is -0.148. The number of aromatic nitrogens is 1. The maximum absolute atomic E-state index is 12.5. The molecular weight excluding hydrogens is 268 g/mol. The summed E-state index contributed by atoms with van der Waals surface area (Å²) < 4.78 is 0. The number of carboxylic acid groups (broad SMARTS) is 1. The fourth-order valence-corrected chi connectivity index (χ4v) is 3.56. The fraction of sp³-hybridized carbons (Fsp3) is 0.438. The van der Waals surface area contributed by atoms with Crippen LogP contribution in [0.2, 0.25) is 0 Å². The summed E-state index contributed by atoms with van der Waals surface area (Å²) in [7, 11) is 0. The van der Waals surface area contributed by atoms with E-state index in [2.05, 4.69) is 10.3 Å². The van der Waals surface area contributed by atoms with Crippen molar-refractivity contribution < 1.29 is 14.7 Å². The second kappa shape index (κ2) is 5.31. The highest BCUT2D eigenvalue weighted by molar-refractivity contribution is 5.87. The molecule has 5 nitrogen and oxygen atoms in total. The second-order valence-corrected chi connectivity index (χ2v) is 5.85. The first-order chi connectivity index (χ1) is 10.1. The molecule has 2 aliphatic rings. The van der Waals surface area contributed by atoms with Gasteiger partial charge in [0.25, 0.3) is 0 Å². The van der Waals surface area contributed by atoms with Gasteiger partial charge in [0, 0.05) is 12.4 Å². The van der Waals surface area contributed by atoms with Gasteiger partial charge in [-0.15, -0.1) is 0 Å². The van der Waals surface area contributed by atoms with Gasteiger partial charge in [-0.1, -0.05) is 12.2 Å². The number of rotatable bonds is 4. The average Bonchev–Trinajstić information content (AvgIpc) is 3.08. The van der Waals surface area contributed by atoms with Crippen molar-refractivity contribution in [3.63, 3.8) is 0 Å². The van der Waals surface area contributed by atoms with Crippen LogP contribution >= 0.6 is 0 Å². The number of fused-ring (bicyclic) bond motifs is 2. The standard InChI is InChI=1S/C16H18N2O3/c1-9(10-4-6-17-7-5-10)18-15(19)13-11-2-3-12(8-11)14(13)16(20)21/h2-7,9,11-14H,8H2,1H3,(H,18,19)(H,20,21)/t9?,11?,12?,13-,14+/m0/s1. The van der Waals surface area contributed by atoms with E-state index in [1.807, 2.05) is 31.2 Å². The number of amides is 1. The molecule has 0 radical (unpaired) electrons. The zero-order valence-electron chi connectivity index (χ0n) is 11.8. The third kappa shape index (κ3) is 2.44. The van der Waals surface area contributed by atoms with Crippen LogP contribution in [0.3, 0.4) is 0 Å². The Hall–Kier alpha value is -2.17. The van der Waals surface area contributed by atoms with Crippen LogP contribution in [0.1, 0.15) is 24.9 Å². The van der Waals surface area contributed by atoms with E-state index in [9.17, 15) is 14.7 Å². The van der Waals surface area contributed by atoms with Crippen molar-refractivity contribution in [1.29, 1.82) is 0 Å². The SMILES string of the molecule is CC(NC(=O)[C@H]1C2C=CC(C2)[C@H]1C(=O)O)c1ccncc1. The monoisotopic (exact) mass is 286 g/mol. The summed E-state index contributed by atoms with van der Waals surface area (Å²) in [6.07, 6.45) is 8.07. The number of hydrogen-bond donors (Lipinski definition) is 2. The molecule has 110 valence electrons. The van der Waals surface area contributed by atoms with Gasteiger partial charge in [-0.05, 0) is 42.9 Å². The molecule has 5 heteroatoms. The first kappa shape index (κ1) is 13.8. The Morgan fingerprint density at radius 3 is 2.48 bits per heavy atom. The number of carboxylic acids is 1. The highest BCUT2D eigenvalue weighted by atomic mass is 16.4. The van der Waals surface area contributed by atoms with Crippen molar-refractivity contribution >= 4 is 11.9 Å². The Labute approximate surface area is 123 Å². The van der Waals surface area contributed by atoms with Crippen molar-refractivity contribution in [2.24, 2.45) is 23.7 Å². The number of allylic oxidation sites excluding steroid dienone is 2. The predicted molar refractivity (Wildman–Crippen MR) is 76.1 cm³/mol. The Balaban J connectivity index is 1.73. The number of aliphatic carboxylic acids is 1. The van der Waals surface area contributed by atoms with Crippen LogP contribution in [-0.2, 0) is 9.59 Å². The van der Waals surface area contributed by atoms with Gasteiger partial charge in [0.1, 0.15) is 0 Å². The third-order valence-corrected chi connectivity index (χ3v) is 4.61. The number of pyridine rings is 1. The van der Waals surface area contributed by atoms with Gasteiger partial charge < -0.3 is 10.4 Å². The fourth-order valence-electron chi connectivity index (χ4n) is 3.56. The average molecular weight is 286 g/mol. The summed E-state index contributed by atoms with van der Waals surface area (Å²) in [6, 6.07) is 3.54. The lowest BCUT2D eigenvalue weighted by Gasteiger charge is -2.25. The number of carbonyl (C=O) groups is 2. The number of nitrogens with one attached hydrogen (secondary N) is 1. The summed E-state index contributed by atoms with van der Waals surface area (Å²) >= 11 is 0. The van der Waals surface area contributed by atoms with Crippen LogP contribution in [0.5, 0.6) is 0 Å². The summed E-state index contributed by atoms with van der Waals surface area (Å²) in [4.78, 5) is 27.9. The smallest absolute Gasteiger partial charge is 0.307 e. The molecule has 1 aromatic heterocycles. The number of hydrogen-bond acceptors (Lipinski definition) is 3. The van der Waals surface area contributed by atoms with Crippen LogP contribution < -0.4 is 5.32 Å². The van der Waals surface area contributed by atoms with Crippen molar-refractivity contribution in [3.8, 4) is 0 Å². The summed E-state index contributed by atoms with van der Waals surface area (Å²) in [6.45, 7) is 1.89. The molecule has 0 saturated heterocycles. The molecule has 21 heavy (non-hydrogen) atoms. The van der Waals surface area contributed by atoms with E-state index in [1.54, 1.807) is 12.4 Å². The van der Waals surface area contributed by atoms with Crippen molar-refractivity contribution in [2.75, 3.05) is 0 Å². The largest absolute Gasteiger partial charge is 0.481 e. The van der Waals surface area contributed by atoms with Gasteiger partial charge in [-0.25, -0.2) is 0 Å². The highest BCUT2D eigenvalue weighted by Crippen LogP contribution is 2.48. The number of carbonyl (C=O) groups excluding carboxylic acids is 1. The molecule has 0 aromatic carbocycles. The quantitative estimate of drug-likeness (QED) is 0.827. The van der Waals surface area contributed by atoms with E-state index >= 15 is 0 Å². The first-order valence-corrected chi connectivity index (χ1v) is 7.19. The molecule has 3 unspecified atom stereocenters. The normalized spacial score (nSPS) is 31.1. The first-order valence-electron chi connectivity index (χ1n) is 7.19. The van der Waals surface area contributed by atoms with Gasteiger partial charge in [0.05, 0.1) is 17.9 Å². The van der Waals surface area contributed by atoms with Crippen LogP contribution in [0.25, 0.3) is 0 Å². The Bertz CT molecular complexity index is 584. The van der Waals surface area contributed by atoms with E-state index in [0.29, 0.717) is 0 Å². The minimum absolute atomic E-state index is 0.000480. The van der Waals surface area contributed by atoms with E-state index in [0.717, 1.165) is 12.0 Å². The van der Waals surface area contributed by atoms with Crippen LogP contribution in [-0.4, -0.2) is 22.0 Å². The summed E-state index contributed by atoms with van der Waals surface area (Å²) in [5, 5.41) is 12.3. The maximum atomic E-state index is 12.5. The van der Waals surface area contributed by atoms with Crippen LogP contribution in [0.15, 0.2) is 36.7 Å². The Morgan fingerprint density at radius 1 is 1.24 bits per heavy atom. The Kier molecular flexibility index (Phi) is 3.49. The molecule has 0 spiro atoms. The van der Waals surface area contributed by atoms with Gasteiger partial charge in [0.15, 0.2) is 0 Å². The summed E-state index contributed by atoms with van der Waals surface area (Å²) in [5.41, 5.74) is 0.962. The van der Waals surface area contributed by atoms with E-state index in [4.69, 9.17) is 0 Å². The highest BCUT2D eigenvalue weighted by Gasteiger charge is 2.51. The van der Waals surface area contributed by atoms with Crippen molar-refractivity contribution in [1.82, 2.24) is 10.3 Å². The van der Waals surface area contributed by atoms with Gasteiger partial charge in [-0.2, -0.15) is 0 Å². The van der Waals surface area contributed by atoms with Gasteiger partial charge in [0.2, 0.25) is 5.91 Å². The molecule has 5 atom stereocenters. The topological polar surface area (TPSA) is 79.3 Å². The molecule has 2 bridgehead atoms. The third-order valence-electron chi connectivity index (χ3n) is 4.61. The van der Waals surface area contributed by atoms with Crippen LogP contribution in [0.4, 0.5) is 0 Å². The van der Waals surface area contributed by atoms with Crippen molar-refractivity contribution in [3.05, 3.63) is 42.2 Å². The van der Waals surface area contributed by atoms with Crippen LogP contribution in [0, 0.1) is 23.7 Å². The molecule has 1 heterocycles. The molecule has 1 fully saturated rings.